The summed E-state index contributed by atoms with van der Waals surface area (Å²) in [6, 6.07) is 24.7. The van der Waals surface area contributed by atoms with Gasteiger partial charge in [-0.15, -0.1) is 0 Å². The van der Waals surface area contributed by atoms with Crippen LogP contribution in [0.2, 0.25) is 13.1 Å². The van der Waals surface area contributed by atoms with Crippen LogP contribution in [0, 0.1) is 0 Å². The van der Waals surface area contributed by atoms with Crippen molar-refractivity contribution in [3.8, 4) is 16.9 Å². The molecule has 1 aliphatic carbocycles. The van der Waals surface area contributed by atoms with E-state index in [1.165, 1.54) is 33.0 Å². The monoisotopic (exact) mass is 386 g/mol. The van der Waals surface area contributed by atoms with Gasteiger partial charge in [0.15, 0.2) is 0 Å². The lowest BCUT2D eigenvalue weighted by Crippen LogP contribution is -2.48. The first-order valence-electron chi connectivity index (χ1n) is 10.1. The number of methoxy groups -OCH3 is 1. The van der Waals surface area contributed by atoms with Gasteiger partial charge < -0.3 is 4.74 Å². The highest BCUT2D eigenvalue weighted by Crippen LogP contribution is 2.49. The van der Waals surface area contributed by atoms with Crippen molar-refractivity contribution in [3.05, 3.63) is 83.4 Å². The molecule has 0 aliphatic heterocycles. The normalized spacial score (nSPS) is 13.9. The van der Waals surface area contributed by atoms with E-state index in [9.17, 15) is 0 Å². The maximum atomic E-state index is 6.06. The Labute approximate surface area is 170 Å². The van der Waals surface area contributed by atoms with Crippen LogP contribution in [-0.2, 0) is 5.41 Å². The summed E-state index contributed by atoms with van der Waals surface area (Å²) in [5.41, 5.74) is 7.53. The topological polar surface area (TPSA) is 9.23 Å². The first kappa shape index (κ1) is 19.0. The largest absolute Gasteiger partial charge is 0.497 e. The van der Waals surface area contributed by atoms with E-state index in [0.29, 0.717) is 5.54 Å². The van der Waals surface area contributed by atoms with Crippen LogP contribution >= 0.6 is 0 Å². The Hall–Kier alpha value is -2.32. The number of hydrogen-bond acceptors (Lipinski definition) is 1. The lowest BCUT2D eigenvalue weighted by molar-refractivity contribution is 0.400. The van der Waals surface area contributed by atoms with Gasteiger partial charge >= 0.3 is 0 Å². The first-order valence-corrected chi connectivity index (χ1v) is 13.2. The second kappa shape index (κ2) is 6.63. The minimum atomic E-state index is -1.95. The summed E-state index contributed by atoms with van der Waals surface area (Å²) in [7, 11) is -0.121. The number of hydrogen-bond donors (Lipinski definition) is 0. The maximum Gasteiger partial charge on any atom is 0.121 e. The predicted molar refractivity (Wildman–Crippen MR) is 123 cm³/mol. The molecule has 1 aliphatic rings. The van der Waals surface area contributed by atoms with Gasteiger partial charge in [-0.25, -0.2) is 0 Å². The SMILES string of the molecule is COc1c(C(C)(C)C)cccc1[Si](C)(C)C1c2ccccc2-c2ccccc21. The summed E-state index contributed by atoms with van der Waals surface area (Å²) in [5, 5.41) is 1.42. The van der Waals surface area contributed by atoms with Gasteiger partial charge in [-0.1, -0.05) is 101 Å². The number of fused-ring (bicyclic) bond motifs is 3. The number of benzene rings is 3. The molecule has 2 heteroatoms. The Morgan fingerprint density at radius 2 is 1.29 bits per heavy atom. The highest BCUT2D eigenvalue weighted by Gasteiger charge is 2.43. The van der Waals surface area contributed by atoms with E-state index < -0.39 is 8.07 Å². The second-order valence-corrected chi connectivity index (χ2v) is 14.0. The Kier molecular flexibility index (Phi) is 4.50. The Morgan fingerprint density at radius 3 is 1.79 bits per heavy atom. The minimum absolute atomic E-state index is 0.0529. The van der Waals surface area contributed by atoms with Crippen LogP contribution in [0.1, 0.15) is 43.0 Å². The van der Waals surface area contributed by atoms with Crippen LogP contribution in [0.5, 0.6) is 5.75 Å². The zero-order valence-electron chi connectivity index (χ0n) is 17.8. The van der Waals surface area contributed by atoms with Crippen LogP contribution < -0.4 is 9.92 Å². The zero-order valence-corrected chi connectivity index (χ0v) is 18.8. The summed E-state index contributed by atoms with van der Waals surface area (Å²) < 4.78 is 6.06. The van der Waals surface area contributed by atoms with Gasteiger partial charge in [-0.05, 0) is 38.4 Å². The predicted octanol–water partition coefficient (Wildman–Crippen LogP) is 6.26. The van der Waals surface area contributed by atoms with E-state index in [4.69, 9.17) is 4.74 Å². The molecule has 1 nitrogen and oxygen atoms in total. The molecule has 0 spiro atoms. The summed E-state index contributed by atoms with van der Waals surface area (Å²) in [5.74, 6) is 1.09. The number of ether oxygens (including phenoxy) is 1. The molecule has 0 saturated heterocycles. The van der Waals surface area contributed by atoms with E-state index in [1.54, 1.807) is 0 Å². The second-order valence-electron chi connectivity index (χ2n) is 9.47. The quantitative estimate of drug-likeness (QED) is 0.483. The van der Waals surface area contributed by atoms with Crippen molar-refractivity contribution in [3.63, 3.8) is 0 Å². The third-order valence-corrected chi connectivity index (χ3v) is 10.1. The highest BCUT2D eigenvalue weighted by molar-refractivity contribution is 6.92. The molecule has 0 radical (unpaired) electrons. The van der Waals surface area contributed by atoms with Gasteiger partial charge in [0.2, 0.25) is 0 Å². The molecular weight excluding hydrogens is 356 g/mol. The average molecular weight is 387 g/mol. The Morgan fingerprint density at radius 1 is 0.750 bits per heavy atom. The third kappa shape index (κ3) is 2.82. The smallest absolute Gasteiger partial charge is 0.121 e. The summed E-state index contributed by atoms with van der Waals surface area (Å²) in [4.78, 5) is 0. The van der Waals surface area contributed by atoms with Gasteiger partial charge in [0.05, 0.1) is 15.2 Å². The molecule has 0 heterocycles. The van der Waals surface area contributed by atoms with Crippen molar-refractivity contribution in [2.45, 2.75) is 44.8 Å². The molecule has 0 amide bonds. The molecule has 0 unspecified atom stereocenters. The molecule has 4 rings (SSSR count). The molecule has 0 saturated carbocycles. The molecule has 0 atom stereocenters. The highest BCUT2D eigenvalue weighted by atomic mass is 28.3. The van der Waals surface area contributed by atoms with Gasteiger partial charge in [0.25, 0.3) is 0 Å². The Balaban J connectivity index is 1.96. The van der Waals surface area contributed by atoms with Crippen LogP contribution in [0.3, 0.4) is 0 Å². The van der Waals surface area contributed by atoms with Crippen molar-refractivity contribution >= 4 is 13.3 Å². The molecule has 3 aromatic rings. The molecule has 0 bridgehead atoms. The zero-order chi connectivity index (χ0) is 20.1. The molecule has 144 valence electrons. The Bertz CT molecular complexity index is 981. The number of rotatable bonds is 3. The fourth-order valence-electron chi connectivity index (χ4n) is 4.94. The van der Waals surface area contributed by atoms with Gasteiger partial charge in [-0.2, -0.15) is 0 Å². The average Bonchev–Trinajstić information content (AvgIpc) is 3.02. The number of para-hydroxylation sites is 1. The molecule has 0 fully saturated rings. The first-order chi connectivity index (χ1) is 13.3. The van der Waals surface area contributed by atoms with Gasteiger partial charge in [-0.3, -0.25) is 0 Å². The summed E-state index contributed by atoms with van der Waals surface area (Å²) in [6.07, 6.45) is 0. The van der Waals surface area contributed by atoms with Crippen LogP contribution in [0.4, 0.5) is 0 Å². The fraction of sp³-hybridized carbons (Fsp3) is 0.308. The van der Waals surface area contributed by atoms with E-state index in [2.05, 4.69) is 101 Å². The third-order valence-electron chi connectivity index (χ3n) is 6.28. The van der Waals surface area contributed by atoms with Gasteiger partial charge in [0, 0.05) is 5.54 Å². The van der Waals surface area contributed by atoms with Crippen molar-refractivity contribution < 1.29 is 4.74 Å². The lowest BCUT2D eigenvalue weighted by Gasteiger charge is -2.35. The summed E-state index contributed by atoms with van der Waals surface area (Å²) >= 11 is 0. The molecule has 0 aromatic heterocycles. The van der Waals surface area contributed by atoms with E-state index in [0.717, 1.165) is 5.75 Å². The molecule has 0 N–H and O–H groups in total. The molecule has 28 heavy (non-hydrogen) atoms. The molecule has 3 aromatic carbocycles. The van der Waals surface area contributed by atoms with E-state index in [-0.39, 0.29) is 5.41 Å². The van der Waals surface area contributed by atoms with E-state index >= 15 is 0 Å². The van der Waals surface area contributed by atoms with Crippen LogP contribution in [-0.4, -0.2) is 15.2 Å². The van der Waals surface area contributed by atoms with Gasteiger partial charge in [0.1, 0.15) is 5.75 Å². The van der Waals surface area contributed by atoms with Crippen LogP contribution in [0.15, 0.2) is 66.7 Å². The van der Waals surface area contributed by atoms with E-state index in [1.807, 2.05) is 7.11 Å². The summed E-state index contributed by atoms with van der Waals surface area (Å²) in [6.45, 7) is 11.8. The van der Waals surface area contributed by atoms with Crippen LogP contribution in [0.25, 0.3) is 11.1 Å². The van der Waals surface area contributed by atoms with Crippen molar-refractivity contribution in [2.75, 3.05) is 7.11 Å². The molecular formula is C26H30OSi. The van der Waals surface area contributed by atoms with Crippen molar-refractivity contribution in [2.24, 2.45) is 0 Å². The minimum Gasteiger partial charge on any atom is -0.497 e. The standard InChI is InChI=1S/C26H30OSi/c1-26(2,3)22-16-11-17-23(24(22)27-4)28(5,6)25-20-14-9-7-12-18(20)19-13-8-10-15-21(19)25/h7-17,25H,1-6H3. The maximum absolute atomic E-state index is 6.06. The van der Waals surface area contributed by atoms with Crippen molar-refractivity contribution in [1.29, 1.82) is 0 Å². The fourth-order valence-corrected chi connectivity index (χ4v) is 8.66. The van der Waals surface area contributed by atoms with Crippen molar-refractivity contribution in [1.82, 2.24) is 0 Å². The lowest BCUT2D eigenvalue weighted by atomic mass is 9.86.